The van der Waals surface area contributed by atoms with Gasteiger partial charge in [0, 0.05) is 32.6 Å². The highest BCUT2D eigenvalue weighted by atomic mass is 35.5. The van der Waals surface area contributed by atoms with Crippen molar-refractivity contribution < 1.29 is 12.8 Å². The van der Waals surface area contributed by atoms with Crippen LogP contribution in [0.2, 0.25) is 0 Å². The fraction of sp³-hybridized carbons (Fsp3) is 1.00. The summed E-state index contributed by atoms with van der Waals surface area (Å²) in [6.45, 7) is 2.40. The topological polar surface area (TPSA) is 40.6 Å². The van der Waals surface area contributed by atoms with Gasteiger partial charge in [-0.05, 0) is 6.42 Å². The molecule has 0 rings (SSSR count). The Labute approximate surface area is 117 Å². The molecule has 0 saturated heterocycles. The van der Waals surface area contributed by atoms with E-state index in [1.165, 1.54) is 14.1 Å². The Morgan fingerprint density at radius 2 is 1.82 bits per heavy atom. The van der Waals surface area contributed by atoms with Crippen LogP contribution in [-0.4, -0.2) is 41.0 Å². The average Bonchev–Trinajstić information content (AvgIpc) is 2.15. The lowest BCUT2D eigenvalue weighted by molar-refractivity contribution is 0.429. The predicted molar refractivity (Wildman–Crippen MR) is 72.0 cm³/mol. The highest BCUT2D eigenvalue weighted by Gasteiger charge is 2.33. The first kappa shape index (κ1) is 17.7. The Hall–Kier alpha value is 0.730. The van der Waals surface area contributed by atoms with Crippen LogP contribution in [0.1, 0.15) is 26.2 Å². The first-order valence-corrected chi connectivity index (χ1v) is 8.00. The molecule has 4 nitrogen and oxygen atoms in total. The molecule has 0 spiro atoms. The Balaban J connectivity index is 4.44. The molecular formula is C8H17Cl2FN2O2S2. The van der Waals surface area contributed by atoms with Crippen LogP contribution in [0.5, 0.6) is 0 Å². The standard InChI is InChI=1S/C8H17Cl2FN2O2S2/c1-4-5-6-7-12(2)17(14,15)13(3)16-8(9,10)11/h4-7H2,1-3H3. The molecule has 0 saturated carbocycles. The zero-order valence-electron chi connectivity index (χ0n) is 9.99. The summed E-state index contributed by atoms with van der Waals surface area (Å²) < 4.78 is 35.8. The van der Waals surface area contributed by atoms with Crippen molar-refractivity contribution in [2.45, 2.75) is 30.1 Å². The van der Waals surface area contributed by atoms with Gasteiger partial charge in [0.2, 0.25) is 0 Å². The van der Waals surface area contributed by atoms with Gasteiger partial charge < -0.3 is 0 Å². The molecular weight excluding hydrogens is 310 g/mol. The lowest BCUT2D eigenvalue weighted by atomic mass is 10.2. The fourth-order valence-corrected chi connectivity index (χ4v) is 4.03. The summed E-state index contributed by atoms with van der Waals surface area (Å²) in [5, 5.41) is 0. The normalized spacial score (nSPS) is 13.6. The van der Waals surface area contributed by atoms with E-state index in [0.717, 1.165) is 27.3 Å². The van der Waals surface area contributed by atoms with Gasteiger partial charge in [0.05, 0.1) is 0 Å². The molecule has 17 heavy (non-hydrogen) atoms. The van der Waals surface area contributed by atoms with Crippen molar-refractivity contribution in [3.63, 3.8) is 0 Å². The summed E-state index contributed by atoms with van der Waals surface area (Å²) >= 11 is 10.4. The van der Waals surface area contributed by atoms with Crippen molar-refractivity contribution >= 4 is 45.4 Å². The van der Waals surface area contributed by atoms with Crippen molar-refractivity contribution in [1.82, 2.24) is 8.02 Å². The lowest BCUT2D eigenvalue weighted by Gasteiger charge is -2.24. The minimum atomic E-state index is -3.73. The van der Waals surface area contributed by atoms with Gasteiger partial charge in [-0.3, -0.25) is 0 Å². The van der Waals surface area contributed by atoms with Crippen LogP contribution >= 0.6 is 35.1 Å². The molecule has 0 aromatic rings. The minimum Gasteiger partial charge on any atom is -0.194 e. The number of alkyl halides is 3. The highest BCUT2D eigenvalue weighted by Crippen LogP contribution is 2.39. The van der Waals surface area contributed by atoms with Crippen LogP contribution in [0.25, 0.3) is 0 Å². The molecule has 0 aromatic carbocycles. The van der Waals surface area contributed by atoms with Gasteiger partial charge in [0.15, 0.2) is 0 Å². The van der Waals surface area contributed by atoms with E-state index in [0.29, 0.717) is 6.54 Å². The number of unbranched alkanes of at least 4 members (excludes halogenated alkanes) is 2. The van der Waals surface area contributed by atoms with Crippen LogP contribution in [0.3, 0.4) is 0 Å². The smallest absolute Gasteiger partial charge is 0.194 e. The molecule has 0 aromatic heterocycles. The fourth-order valence-electron chi connectivity index (χ4n) is 1.09. The number of hydrogen-bond acceptors (Lipinski definition) is 3. The minimum absolute atomic E-state index is 0.199. The molecule has 0 heterocycles. The third-order valence-electron chi connectivity index (χ3n) is 2.03. The van der Waals surface area contributed by atoms with Crippen molar-refractivity contribution in [2.24, 2.45) is 0 Å². The summed E-state index contributed by atoms with van der Waals surface area (Å²) in [5.74, 6) is 0. The van der Waals surface area contributed by atoms with Crippen molar-refractivity contribution in [3.8, 4) is 0 Å². The van der Waals surface area contributed by atoms with Gasteiger partial charge in [-0.2, -0.15) is 17.1 Å². The Morgan fingerprint density at radius 1 is 1.29 bits per heavy atom. The molecule has 0 fully saturated rings. The molecule has 0 bridgehead atoms. The van der Waals surface area contributed by atoms with E-state index in [4.69, 9.17) is 23.2 Å². The molecule has 0 amide bonds. The molecule has 0 aliphatic heterocycles. The third kappa shape index (κ3) is 7.03. The third-order valence-corrected chi connectivity index (χ3v) is 5.31. The van der Waals surface area contributed by atoms with E-state index in [2.05, 4.69) is 0 Å². The van der Waals surface area contributed by atoms with Crippen LogP contribution in [-0.2, 0) is 10.2 Å². The van der Waals surface area contributed by atoms with Gasteiger partial charge >= 0.3 is 3.92 Å². The van der Waals surface area contributed by atoms with E-state index in [9.17, 15) is 12.8 Å². The van der Waals surface area contributed by atoms with Crippen LogP contribution in [0.15, 0.2) is 0 Å². The van der Waals surface area contributed by atoms with Crippen molar-refractivity contribution in [3.05, 3.63) is 0 Å². The van der Waals surface area contributed by atoms with Crippen LogP contribution < -0.4 is 0 Å². The largest absolute Gasteiger partial charge is 0.319 e. The zero-order valence-corrected chi connectivity index (χ0v) is 13.1. The zero-order chi connectivity index (χ0) is 13.7. The first-order valence-electron chi connectivity index (χ1n) is 5.07. The quantitative estimate of drug-likeness (QED) is 0.391. The van der Waals surface area contributed by atoms with Crippen molar-refractivity contribution in [2.75, 3.05) is 20.6 Å². The average molecular weight is 327 g/mol. The first-order chi connectivity index (χ1) is 7.61. The predicted octanol–water partition coefficient (Wildman–Crippen LogP) is 2.99. The van der Waals surface area contributed by atoms with Crippen LogP contribution in [0, 0.1) is 0 Å². The Morgan fingerprint density at radius 3 is 2.24 bits per heavy atom. The Bertz CT molecular complexity index is 322. The van der Waals surface area contributed by atoms with Gasteiger partial charge in [0.1, 0.15) is 0 Å². The maximum Gasteiger partial charge on any atom is 0.319 e. The molecule has 0 radical (unpaired) electrons. The molecule has 104 valence electrons. The molecule has 0 atom stereocenters. The second kappa shape index (κ2) is 7.35. The summed E-state index contributed by atoms with van der Waals surface area (Å²) in [6.07, 6.45) is 2.69. The van der Waals surface area contributed by atoms with Gasteiger partial charge in [0.25, 0.3) is 10.2 Å². The molecule has 9 heteroatoms. The molecule has 0 unspecified atom stereocenters. The van der Waals surface area contributed by atoms with E-state index in [1.54, 1.807) is 0 Å². The monoisotopic (exact) mass is 326 g/mol. The highest BCUT2D eigenvalue weighted by molar-refractivity contribution is 8.10. The summed E-state index contributed by atoms with van der Waals surface area (Å²) in [5.41, 5.74) is 0. The van der Waals surface area contributed by atoms with E-state index < -0.39 is 14.1 Å². The Kier molecular flexibility index (Phi) is 7.67. The number of hydrogen-bond donors (Lipinski definition) is 0. The summed E-state index contributed by atoms with van der Waals surface area (Å²) in [7, 11) is -1.09. The number of nitrogens with zero attached hydrogens (tertiary/aromatic N) is 2. The van der Waals surface area contributed by atoms with Crippen LogP contribution in [0.4, 0.5) is 4.39 Å². The number of halogens is 3. The molecule has 0 N–H and O–H groups in total. The molecule has 0 aliphatic rings. The van der Waals surface area contributed by atoms with Gasteiger partial charge in [-0.1, -0.05) is 43.0 Å². The summed E-state index contributed by atoms with van der Waals surface area (Å²) in [6, 6.07) is 0. The second-order valence-corrected chi connectivity index (χ2v) is 8.76. The van der Waals surface area contributed by atoms with Gasteiger partial charge in [-0.15, -0.1) is 3.71 Å². The van der Waals surface area contributed by atoms with E-state index >= 15 is 0 Å². The SMILES string of the molecule is CCCCCN(C)S(=O)(=O)N(C)SC(F)(Cl)Cl. The number of rotatable bonds is 8. The molecule has 0 aliphatic carbocycles. The van der Waals surface area contributed by atoms with E-state index in [1.807, 2.05) is 6.92 Å². The second-order valence-electron chi connectivity index (χ2n) is 3.48. The van der Waals surface area contributed by atoms with Gasteiger partial charge in [-0.25, -0.2) is 0 Å². The summed E-state index contributed by atoms with van der Waals surface area (Å²) in [4.78, 5) is 0. The lowest BCUT2D eigenvalue weighted by Crippen LogP contribution is -2.37. The maximum atomic E-state index is 12.9. The maximum absolute atomic E-state index is 12.9. The van der Waals surface area contributed by atoms with Crippen molar-refractivity contribution in [1.29, 1.82) is 0 Å². The van der Waals surface area contributed by atoms with E-state index in [-0.39, 0.29) is 11.9 Å².